The van der Waals surface area contributed by atoms with Crippen LogP contribution < -0.4 is 4.74 Å². The largest absolute Gasteiger partial charge is 0.489 e. The van der Waals surface area contributed by atoms with Crippen molar-refractivity contribution < 1.29 is 4.74 Å². The molecule has 0 bridgehead atoms. The first-order chi connectivity index (χ1) is 8.29. The molecule has 3 heteroatoms. The average Bonchev–Trinajstić information content (AvgIpc) is 2.38. The SMILES string of the molecule is ClCc1ccc(OCc2ccccc2)cc1Br. The molecule has 0 amide bonds. The lowest BCUT2D eigenvalue weighted by molar-refractivity contribution is 0.306. The molecule has 0 saturated carbocycles. The van der Waals surface area contributed by atoms with Gasteiger partial charge in [-0.15, -0.1) is 11.6 Å². The molecule has 0 aromatic heterocycles. The van der Waals surface area contributed by atoms with Crippen LogP contribution in [0.2, 0.25) is 0 Å². The second-order valence-corrected chi connectivity index (χ2v) is 4.78. The molecule has 0 radical (unpaired) electrons. The number of ether oxygens (including phenoxy) is 1. The predicted molar refractivity (Wildman–Crippen MR) is 74.5 cm³/mol. The molecule has 0 aliphatic heterocycles. The van der Waals surface area contributed by atoms with E-state index in [1.807, 2.05) is 48.5 Å². The second kappa shape index (κ2) is 6.08. The standard InChI is InChI=1S/C14H12BrClO/c15-14-8-13(7-6-12(14)9-16)17-10-11-4-2-1-3-5-11/h1-8H,9-10H2. The topological polar surface area (TPSA) is 9.23 Å². The first-order valence-electron chi connectivity index (χ1n) is 5.30. The molecule has 88 valence electrons. The smallest absolute Gasteiger partial charge is 0.120 e. The number of halogens is 2. The molecule has 0 fully saturated rings. The Hall–Kier alpha value is -0.990. The summed E-state index contributed by atoms with van der Waals surface area (Å²) in [6.45, 7) is 0.577. The Morgan fingerprint density at radius 1 is 1.06 bits per heavy atom. The number of hydrogen-bond donors (Lipinski definition) is 0. The van der Waals surface area contributed by atoms with Gasteiger partial charge in [0.15, 0.2) is 0 Å². The van der Waals surface area contributed by atoms with Gasteiger partial charge in [0, 0.05) is 10.4 Å². The highest BCUT2D eigenvalue weighted by atomic mass is 79.9. The molecular weight excluding hydrogens is 300 g/mol. The van der Waals surface area contributed by atoms with E-state index < -0.39 is 0 Å². The average molecular weight is 312 g/mol. The number of rotatable bonds is 4. The maximum atomic E-state index is 5.79. The van der Waals surface area contributed by atoms with E-state index in [1.165, 1.54) is 0 Å². The maximum Gasteiger partial charge on any atom is 0.120 e. The summed E-state index contributed by atoms with van der Waals surface area (Å²) in [5, 5.41) is 0. The minimum atomic E-state index is 0.500. The molecule has 0 N–H and O–H groups in total. The van der Waals surface area contributed by atoms with E-state index in [1.54, 1.807) is 0 Å². The molecule has 2 aromatic rings. The van der Waals surface area contributed by atoms with Crippen LogP contribution in [-0.2, 0) is 12.5 Å². The van der Waals surface area contributed by atoms with Crippen molar-refractivity contribution in [3.05, 3.63) is 64.1 Å². The molecule has 1 nitrogen and oxygen atoms in total. The molecule has 17 heavy (non-hydrogen) atoms. The van der Waals surface area contributed by atoms with Crippen molar-refractivity contribution in [3.8, 4) is 5.75 Å². The third-order valence-electron chi connectivity index (χ3n) is 2.42. The highest BCUT2D eigenvalue weighted by Gasteiger charge is 2.01. The minimum absolute atomic E-state index is 0.500. The Balaban J connectivity index is 2.02. The Morgan fingerprint density at radius 3 is 2.47 bits per heavy atom. The second-order valence-electron chi connectivity index (χ2n) is 3.66. The van der Waals surface area contributed by atoms with Crippen LogP contribution in [-0.4, -0.2) is 0 Å². The van der Waals surface area contributed by atoms with Crippen molar-refractivity contribution in [2.24, 2.45) is 0 Å². The molecule has 0 unspecified atom stereocenters. The molecule has 0 spiro atoms. The van der Waals surface area contributed by atoms with E-state index in [0.717, 1.165) is 21.3 Å². The maximum absolute atomic E-state index is 5.79. The normalized spacial score (nSPS) is 10.2. The van der Waals surface area contributed by atoms with E-state index >= 15 is 0 Å². The fourth-order valence-corrected chi connectivity index (χ4v) is 2.36. The van der Waals surface area contributed by atoms with Gasteiger partial charge in [0.25, 0.3) is 0 Å². The van der Waals surface area contributed by atoms with Crippen molar-refractivity contribution in [3.63, 3.8) is 0 Å². The summed E-state index contributed by atoms with van der Waals surface area (Å²) in [5.41, 5.74) is 2.23. The van der Waals surface area contributed by atoms with Gasteiger partial charge in [-0.25, -0.2) is 0 Å². The van der Waals surface area contributed by atoms with Crippen LogP contribution in [0.5, 0.6) is 5.75 Å². The van der Waals surface area contributed by atoms with Crippen LogP contribution >= 0.6 is 27.5 Å². The van der Waals surface area contributed by atoms with Crippen molar-refractivity contribution in [2.75, 3.05) is 0 Å². The van der Waals surface area contributed by atoms with Gasteiger partial charge >= 0.3 is 0 Å². The van der Waals surface area contributed by atoms with E-state index in [-0.39, 0.29) is 0 Å². The van der Waals surface area contributed by atoms with E-state index in [4.69, 9.17) is 16.3 Å². The Kier molecular flexibility index (Phi) is 4.46. The van der Waals surface area contributed by atoms with Crippen molar-refractivity contribution in [1.82, 2.24) is 0 Å². The molecular formula is C14H12BrClO. The van der Waals surface area contributed by atoms with Gasteiger partial charge in [0.2, 0.25) is 0 Å². The summed E-state index contributed by atoms with van der Waals surface area (Å²) in [6.07, 6.45) is 0. The summed E-state index contributed by atoms with van der Waals surface area (Å²) < 4.78 is 6.68. The van der Waals surface area contributed by atoms with Crippen molar-refractivity contribution in [2.45, 2.75) is 12.5 Å². The summed E-state index contributed by atoms with van der Waals surface area (Å²) >= 11 is 9.26. The van der Waals surface area contributed by atoms with Crippen LogP contribution in [0.4, 0.5) is 0 Å². The summed E-state index contributed by atoms with van der Waals surface area (Å²) in [6, 6.07) is 15.9. The van der Waals surface area contributed by atoms with Crippen LogP contribution in [0.25, 0.3) is 0 Å². The Bertz CT molecular complexity index is 485. The zero-order valence-electron chi connectivity index (χ0n) is 9.20. The van der Waals surface area contributed by atoms with E-state index in [0.29, 0.717) is 12.5 Å². The Labute approximate surface area is 115 Å². The molecule has 2 aromatic carbocycles. The first kappa shape index (κ1) is 12.5. The van der Waals surface area contributed by atoms with E-state index in [9.17, 15) is 0 Å². The van der Waals surface area contributed by atoms with Crippen LogP contribution in [0.3, 0.4) is 0 Å². The fraction of sp³-hybridized carbons (Fsp3) is 0.143. The lowest BCUT2D eigenvalue weighted by Gasteiger charge is -2.08. The minimum Gasteiger partial charge on any atom is -0.489 e. The van der Waals surface area contributed by atoms with E-state index in [2.05, 4.69) is 15.9 Å². The van der Waals surface area contributed by atoms with Gasteiger partial charge in [-0.05, 0) is 23.3 Å². The molecule has 2 rings (SSSR count). The van der Waals surface area contributed by atoms with Crippen LogP contribution in [0.1, 0.15) is 11.1 Å². The zero-order chi connectivity index (χ0) is 12.1. The van der Waals surface area contributed by atoms with Gasteiger partial charge < -0.3 is 4.74 Å². The van der Waals surface area contributed by atoms with Gasteiger partial charge in [-0.3, -0.25) is 0 Å². The summed E-state index contributed by atoms with van der Waals surface area (Å²) in [5.74, 6) is 1.34. The quantitative estimate of drug-likeness (QED) is 0.739. The highest BCUT2D eigenvalue weighted by Crippen LogP contribution is 2.24. The van der Waals surface area contributed by atoms with Crippen LogP contribution in [0.15, 0.2) is 53.0 Å². The molecule has 0 heterocycles. The molecule has 0 aliphatic rings. The Morgan fingerprint density at radius 2 is 1.82 bits per heavy atom. The lowest BCUT2D eigenvalue weighted by atomic mass is 10.2. The fourth-order valence-electron chi connectivity index (χ4n) is 1.47. The van der Waals surface area contributed by atoms with Crippen molar-refractivity contribution >= 4 is 27.5 Å². The number of hydrogen-bond acceptors (Lipinski definition) is 1. The van der Waals surface area contributed by atoms with Crippen molar-refractivity contribution in [1.29, 1.82) is 0 Å². The third-order valence-corrected chi connectivity index (χ3v) is 3.44. The highest BCUT2D eigenvalue weighted by molar-refractivity contribution is 9.10. The lowest BCUT2D eigenvalue weighted by Crippen LogP contribution is -1.95. The molecule has 0 saturated heterocycles. The van der Waals surface area contributed by atoms with Gasteiger partial charge in [-0.1, -0.05) is 52.3 Å². The zero-order valence-corrected chi connectivity index (χ0v) is 11.5. The van der Waals surface area contributed by atoms with Gasteiger partial charge in [-0.2, -0.15) is 0 Å². The molecule has 0 aliphatic carbocycles. The summed E-state index contributed by atoms with van der Waals surface area (Å²) in [7, 11) is 0. The van der Waals surface area contributed by atoms with Gasteiger partial charge in [0.05, 0.1) is 0 Å². The number of alkyl halides is 1. The predicted octanol–water partition coefficient (Wildman–Crippen LogP) is 4.77. The molecule has 0 atom stereocenters. The third kappa shape index (κ3) is 3.48. The van der Waals surface area contributed by atoms with Crippen LogP contribution in [0, 0.1) is 0 Å². The monoisotopic (exact) mass is 310 g/mol. The number of benzene rings is 2. The van der Waals surface area contributed by atoms with Gasteiger partial charge in [0.1, 0.15) is 12.4 Å². The summed E-state index contributed by atoms with van der Waals surface area (Å²) in [4.78, 5) is 0. The first-order valence-corrected chi connectivity index (χ1v) is 6.63.